The maximum absolute atomic E-state index is 14.4. The van der Waals surface area contributed by atoms with Crippen molar-refractivity contribution in [3.63, 3.8) is 0 Å². The van der Waals surface area contributed by atoms with Crippen LogP contribution in [-0.2, 0) is 0 Å². The Labute approximate surface area is 175 Å². The molecule has 5 nitrogen and oxygen atoms in total. The highest BCUT2D eigenvalue weighted by Crippen LogP contribution is 2.28. The molecule has 0 bridgehead atoms. The molecule has 1 aromatic carbocycles. The third-order valence-electron chi connectivity index (χ3n) is 4.52. The third-order valence-corrected chi connectivity index (χ3v) is 4.52. The Morgan fingerprint density at radius 1 is 0.800 bits per heavy atom. The van der Waals surface area contributed by atoms with Crippen molar-refractivity contribution in [2.45, 2.75) is 39.9 Å². The van der Waals surface area contributed by atoms with E-state index in [4.69, 9.17) is 9.47 Å². The first-order valence-electron chi connectivity index (χ1n) is 9.97. The Morgan fingerprint density at radius 3 is 2.17 bits per heavy atom. The fraction of sp³-hybridized carbons (Fsp3) is 0.250. The van der Waals surface area contributed by atoms with Crippen molar-refractivity contribution in [3.05, 3.63) is 66.9 Å². The molecule has 0 aliphatic carbocycles. The number of rotatable bonds is 6. The quantitative estimate of drug-likeness (QED) is 0.408. The highest BCUT2D eigenvalue weighted by molar-refractivity contribution is 5.69. The number of pyridine rings is 2. The van der Waals surface area contributed by atoms with Gasteiger partial charge in [-0.3, -0.25) is 4.40 Å². The molecule has 0 saturated heterocycles. The monoisotopic (exact) mass is 405 g/mol. The van der Waals surface area contributed by atoms with E-state index in [2.05, 4.69) is 9.97 Å². The first-order chi connectivity index (χ1) is 14.4. The summed E-state index contributed by atoms with van der Waals surface area (Å²) in [7, 11) is 0. The summed E-state index contributed by atoms with van der Waals surface area (Å²) in [5, 5.41) is 0. The van der Waals surface area contributed by atoms with E-state index in [9.17, 15) is 4.39 Å². The van der Waals surface area contributed by atoms with Crippen LogP contribution in [0.15, 0.2) is 61.1 Å². The van der Waals surface area contributed by atoms with E-state index in [1.807, 2.05) is 74.7 Å². The first kappa shape index (κ1) is 19.9. The van der Waals surface area contributed by atoms with Crippen LogP contribution >= 0.6 is 0 Å². The average molecular weight is 405 g/mol. The van der Waals surface area contributed by atoms with Crippen LogP contribution in [-0.4, -0.2) is 26.6 Å². The van der Waals surface area contributed by atoms with Crippen LogP contribution in [0.25, 0.3) is 28.0 Å². The number of fused-ring (bicyclic) bond motifs is 1. The third kappa shape index (κ3) is 4.13. The van der Waals surface area contributed by atoms with Crippen molar-refractivity contribution in [1.29, 1.82) is 0 Å². The fourth-order valence-electron chi connectivity index (χ4n) is 3.24. The maximum Gasteiger partial charge on any atom is 0.250 e. The van der Waals surface area contributed by atoms with Gasteiger partial charge in [-0.25, -0.2) is 14.4 Å². The van der Waals surface area contributed by atoms with E-state index in [0.29, 0.717) is 5.56 Å². The van der Waals surface area contributed by atoms with Gasteiger partial charge in [0, 0.05) is 18.0 Å². The molecule has 3 aromatic heterocycles. The number of hydrogen-bond donors (Lipinski definition) is 0. The predicted molar refractivity (Wildman–Crippen MR) is 115 cm³/mol. The second kappa shape index (κ2) is 8.14. The molecule has 4 rings (SSSR count). The van der Waals surface area contributed by atoms with E-state index in [-0.39, 0.29) is 18.1 Å². The van der Waals surface area contributed by atoms with Gasteiger partial charge in [0.25, 0.3) is 5.88 Å². The minimum absolute atomic E-state index is 0.00645. The maximum atomic E-state index is 14.4. The Bertz CT molecular complexity index is 1170. The van der Waals surface area contributed by atoms with E-state index >= 15 is 0 Å². The Kier molecular flexibility index (Phi) is 5.40. The summed E-state index contributed by atoms with van der Waals surface area (Å²) in [4.78, 5) is 8.58. The van der Waals surface area contributed by atoms with E-state index in [1.54, 1.807) is 12.4 Å². The molecule has 30 heavy (non-hydrogen) atoms. The summed E-state index contributed by atoms with van der Waals surface area (Å²) in [6, 6.07) is 13.4. The second-order valence-electron chi connectivity index (χ2n) is 7.66. The van der Waals surface area contributed by atoms with Gasteiger partial charge in [0.15, 0.2) is 5.82 Å². The lowest BCUT2D eigenvalue weighted by Gasteiger charge is -2.11. The van der Waals surface area contributed by atoms with Crippen LogP contribution in [0.5, 0.6) is 11.6 Å². The molecular formula is C24H24FN3O2. The summed E-state index contributed by atoms with van der Waals surface area (Å²) >= 11 is 0. The molecule has 4 aromatic rings. The standard InChI is InChI=1S/C24H24FN3O2/c1-15(2)29-20-8-5-17(6-9-20)18-7-10-23-26-13-22(28(23)14-18)19-11-21(25)24(27-12-19)30-16(3)4/h5-16H,1-4H3. The Balaban J connectivity index is 1.69. The lowest BCUT2D eigenvalue weighted by atomic mass is 10.1. The highest BCUT2D eigenvalue weighted by Gasteiger charge is 2.13. The summed E-state index contributed by atoms with van der Waals surface area (Å²) in [6.07, 6.45) is 5.31. The number of nitrogens with zero attached hydrogens (tertiary/aromatic N) is 3. The van der Waals surface area contributed by atoms with Crippen LogP contribution < -0.4 is 9.47 Å². The SMILES string of the molecule is CC(C)Oc1ccc(-c2ccc3ncc(-c4cnc(OC(C)C)c(F)c4)n3c2)cc1. The van der Waals surface area contributed by atoms with E-state index in [0.717, 1.165) is 28.2 Å². The van der Waals surface area contributed by atoms with Crippen LogP contribution in [0.3, 0.4) is 0 Å². The minimum Gasteiger partial charge on any atom is -0.491 e. The molecule has 0 atom stereocenters. The fourth-order valence-corrected chi connectivity index (χ4v) is 3.24. The molecule has 0 aliphatic rings. The molecule has 6 heteroatoms. The average Bonchev–Trinajstić information content (AvgIpc) is 3.12. The van der Waals surface area contributed by atoms with Crippen molar-refractivity contribution >= 4 is 5.65 Å². The molecule has 0 amide bonds. The van der Waals surface area contributed by atoms with Gasteiger partial charge in [-0.05, 0) is 69.2 Å². The summed E-state index contributed by atoms with van der Waals surface area (Å²) < 4.78 is 27.5. The van der Waals surface area contributed by atoms with Crippen LogP contribution in [0.1, 0.15) is 27.7 Å². The van der Waals surface area contributed by atoms with Gasteiger partial charge in [-0.15, -0.1) is 0 Å². The number of halogens is 1. The smallest absolute Gasteiger partial charge is 0.250 e. The zero-order chi connectivity index (χ0) is 21.3. The zero-order valence-corrected chi connectivity index (χ0v) is 17.5. The predicted octanol–water partition coefficient (Wildman–Crippen LogP) is 5.78. The topological polar surface area (TPSA) is 48.7 Å². The van der Waals surface area contributed by atoms with Gasteiger partial charge in [0.1, 0.15) is 11.4 Å². The first-order valence-corrected chi connectivity index (χ1v) is 9.97. The van der Waals surface area contributed by atoms with Gasteiger partial charge in [-0.2, -0.15) is 0 Å². The summed E-state index contributed by atoms with van der Waals surface area (Å²) in [5.74, 6) is 0.350. The highest BCUT2D eigenvalue weighted by atomic mass is 19.1. The normalized spacial score (nSPS) is 11.4. The van der Waals surface area contributed by atoms with E-state index < -0.39 is 5.82 Å². The van der Waals surface area contributed by atoms with Crippen LogP contribution in [0.4, 0.5) is 4.39 Å². The molecule has 0 saturated carbocycles. The number of hydrogen-bond acceptors (Lipinski definition) is 4. The van der Waals surface area contributed by atoms with Crippen molar-refractivity contribution in [2.75, 3.05) is 0 Å². The van der Waals surface area contributed by atoms with Gasteiger partial charge >= 0.3 is 0 Å². The van der Waals surface area contributed by atoms with Gasteiger partial charge < -0.3 is 9.47 Å². The van der Waals surface area contributed by atoms with E-state index in [1.165, 1.54) is 6.07 Å². The molecule has 0 unspecified atom stereocenters. The number of benzene rings is 1. The molecule has 0 spiro atoms. The molecule has 154 valence electrons. The van der Waals surface area contributed by atoms with Crippen molar-refractivity contribution < 1.29 is 13.9 Å². The molecule has 0 radical (unpaired) electrons. The van der Waals surface area contributed by atoms with Crippen molar-refractivity contribution in [3.8, 4) is 34.0 Å². The Morgan fingerprint density at radius 2 is 1.50 bits per heavy atom. The Hall–Kier alpha value is -3.41. The number of imidazole rings is 1. The summed E-state index contributed by atoms with van der Waals surface area (Å²) in [6.45, 7) is 7.67. The zero-order valence-electron chi connectivity index (χ0n) is 17.5. The molecule has 0 fully saturated rings. The number of ether oxygens (including phenoxy) is 2. The van der Waals surface area contributed by atoms with Crippen LogP contribution in [0, 0.1) is 5.82 Å². The second-order valence-corrected chi connectivity index (χ2v) is 7.66. The summed E-state index contributed by atoms with van der Waals surface area (Å²) in [5.41, 5.74) is 4.24. The van der Waals surface area contributed by atoms with Gasteiger partial charge in [0.2, 0.25) is 0 Å². The minimum atomic E-state index is -0.493. The largest absolute Gasteiger partial charge is 0.491 e. The molecule has 0 aliphatic heterocycles. The van der Waals surface area contributed by atoms with Gasteiger partial charge in [0.05, 0.1) is 24.1 Å². The van der Waals surface area contributed by atoms with Crippen molar-refractivity contribution in [1.82, 2.24) is 14.4 Å². The molecular weight excluding hydrogens is 381 g/mol. The van der Waals surface area contributed by atoms with Gasteiger partial charge in [-0.1, -0.05) is 12.1 Å². The number of aromatic nitrogens is 3. The molecule has 3 heterocycles. The molecule has 0 N–H and O–H groups in total. The lowest BCUT2D eigenvalue weighted by molar-refractivity contribution is 0.221. The lowest BCUT2D eigenvalue weighted by Crippen LogP contribution is -2.08. The van der Waals surface area contributed by atoms with Crippen molar-refractivity contribution in [2.24, 2.45) is 0 Å². The van der Waals surface area contributed by atoms with Crippen LogP contribution in [0.2, 0.25) is 0 Å².